The maximum Gasteiger partial charge on any atom is 0.121 e. The molecule has 1 radical (unpaired) electrons. The van der Waals surface area contributed by atoms with E-state index >= 15 is 0 Å². The van der Waals surface area contributed by atoms with Crippen LogP contribution >= 0.6 is 0 Å². The second-order valence-electron chi connectivity index (χ2n) is 16.3. The smallest absolute Gasteiger partial charge is 0.121 e. The van der Waals surface area contributed by atoms with Gasteiger partial charge in [-0.25, -0.2) is 0 Å². The van der Waals surface area contributed by atoms with Gasteiger partial charge >= 0.3 is 0 Å². The van der Waals surface area contributed by atoms with Crippen molar-refractivity contribution in [3.8, 4) is 44.8 Å². The molecule has 1 unspecified atom stereocenters. The number of pyridine rings is 2. The summed E-state index contributed by atoms with van der Waals surface area (Å²) >= 11 is 0. The molecule has 8 aromatic rings. The third-order valence-electron chi connectivity index (χ3n) is 10.4. The molecule has 0 saturated carbocycles. The summed E-state index contributed by atoms with van der Waals surface area (Å²) in [6.07, 6.45) is 4.56. The number of nitrogens with zero attached hydrogens (tertiary/aromatic N) is 2. The van der Waals surface area contributed by atoms with Crippen LogP contribution in [0.25, 0.3) is 66.7 Å². The first-order chi connectivity index (χ1) is 27.6. The van der Waals surface area contributed by atoms with Crippen LogP contribution in [0.5, 0.6) is 0 Å². The Morgan fingerprint density at radius 1 is 0.684 bits per heavy atom. The quantitative estimate of drug-likeness (QED) is 0.107. The predicted molar refractivity (Wildman–Crippen MR) is 240 cm³/mol. The zero-order valence-electron chi connectivity index (χ0n) is 36.2. The molecule has 0 aliphatic carbocycles. The zero-order valence-corrected chi connectivity index (χ0v) is 37.6. The van der Waals surface area contributed by atoms with E-state index in [9.17, 15) is 0 Å². The molecule has 3 aromatic heterocycles. The van der Waals surface area contributed by atoms with Crippen LogP contribution in [0, 0.1) is 23.9 Å². The SMILES string of the molecule is [2H]C(C)(C)Cc1cc(-c2[c-]cc(-c3ccccc3)cc2)ncc1[Si](C)(C)C.[2H]C(C)(c1ccnc(-c2[c-]ccc3c2oc2cc(-c4ccccc4)ccc23)c1)C(C)C.[Ir]. The second kappa shape index (κ2) is 18.1. The molecule has 0 aliphatic heterocycles. The van der Waals surface area contributed by atoms with Crippen molar-refractivity contribution in [3.05, 3.63) is 163 Å². The summed E-state index contributed by atoms with van der Waals surface area (Å²) < 4.78 is 23.5. The fourth-order valence-corrected chi connectivity index (χ4v) is 8.70. The molecular weight excluding hydrogens is 889 g/mol. The van der Waals surface area contributed by atoms with Crippen LogP contribution in [0.3, 0.4) is 0 Å². The minimum absolute atomic E-state index is 0. The van der Waals surface area contributed by atoms with Crippen molar-refractivity contribution in [2.24, 2.45) is 11.8 Å². The molecule has 291 valence electrons. The first-order valence-electron chi connectivity index (χ1n) is 20.5. The molecule has 1 atom stereocenters. The van der Waals surface area contributed by atoms with E-state index in [2.05, 4.69) is 123 Å². The summed E-state index contributed by atoms with van der Waals surface area (Å²) in [5.74, 6) is -0.997. The van der Waals surface area contributed by atoms with Crippen molar-refractivity contribution in [2.75, 3.05) is 0 Å². The van der Waals surface area contributed by atoms with Crippen LogP contribution in [0.2, 0.25) is 19.6 Å². The van der Waals surface area contributed by atoms with Gasteiger partial charge < -0.3 is 14.4 Å². The van der Waals surface area contributed by atoms with Gasteiger partial charge in [-0.05, 0) is 64.0 Å². The summed E-state index contributed by atoms with van der Waals surface area (Å²) in [6, 6.07) is 50.1. The Balaban J connectivity index is 0.000000197. The van der Waals surface area contributed by atoms with Crippen LogP contribution in [-0.2, 0) is 26.5 Å². The largest absolute Gasteiger partial charge is 0.501 e. The molecule has 5 heteroatoms. The number of fused-ring (bicyclic) bond motifs is 3. The Hall–Kier alpha value is -4.93. The van der Waals surface area contributed by atoms with Crippen molar-refractivity contribution >= 4 is 35.2 Å². The molecule has 0 fully saturated rings. The van der Waals surface area contributed by atoms with Crippen LogP contribution < -0.4 is 5.19 Å². The minimum Gasteiger partial charge on any atom is -0.501 e. The standard InChI is InChI=1S/C28H24NO.C24H28NSi.Ir/c1-18(2)19(3)21-14-15-29-26(16-21)25-11-7-10-24-23-13-12-22(17-27(23)30-28(24)25)20-8-5-4-6-9-20;1-18(2)15-22-16-23(25-17-24(22)26(3,4)5)21-13-11-20(12-14-21)19-9-7-6-8-10-19;/h4-10,12-19H,1-3H3;6-13,16-18H,15H2,1-5H3;/q2*-1;/i19D;18D;. The van der Waals surface area contributed by atoms with E-state index in [1.807, 2.05) is 81.6 Å². The number of aromatic nitrogens is 2. The van der Waals surface area contributed by atoms with E-state index < -0.39 is 19.9 Å². The summed E-state index contributed by atoms with van der Waals surface area (Å²) in [5, 5.41) is 3.48. The van der Waals surface area contributed by atoms with E-state index in [1.165, 1.54) is 16.3 Å². The van der Waals surface area contributed by atoms with Crippen molar-refractivity contribution in [1.82, 2.24) is 9.97 Å². The molecular formula is C52H52IrN2OSi-2. The Bertz CT molecular complexity index is 2660. The molecule has 0 N–H and O–H groups in total. The van der Waals surface area contributed by atoms with Gasteiger partial charge in [-0.3, -0.25) is 0 Å². The van der Waals surface area contributed by atoms with Gasteiger partial charge in [-0.15, -0.1) is 48.0 Å². The van der Waals surface area contributed by atoms with E-state index in [-0.39, 0.29) is 26.0 Å². The first kappa shape index (κ1) is 38.9. The predicted octanol–water partition coefficient (Wildman–Crippen LogP) is 13.8. The van der Waals surface area contributed by atoms with E-state index in [0.717, 1.165) is 73.1 Å². The van der Waals surface area contributed by atoms with Gasteiger partial charge in [-0.1, -0.05) is 172 Å². The number of hydrogen-bond donors (Lipinski definition) is 0. The molecule has 0 amide bonds. The van der Waals surface area contributed by atoms with Gasteiger partial charge in [0.2, 0.25) is 0 Å². The minimum atomic E-state index is -1.51. The molecule has 5 aromatic carbocycles. The third kappa shape index (κ3) is 9.62. The van der Waals surface area contributed by atoms with Crippen molar-refractivity contribution in [1.29, 1.82) is 0 Å². The summed E-state index contributed by atoms with van der Waals surface area (Å²) in [5.41, 5.74) is 12.0. The maximum atomic E-state index is 8.78. The summed E-state index contributed by atoms with van der Waals surface area (Å²) in [6.45, 7) is 17.1. The fourth-order valence-electron chi connectivity index (χ4n) is 7.13. The molecule has 3 nitrogen and oxygen atoms in total. The summed E-state index contributed by atoms with van der Waals surface area (Å²) in [7, 11) is -1.51. The van der Waals surface area contributed by atoms with Gasteiger partial charge in [0, 0.05) is 40.6 Å². The number of rotatable bonds is 9. The van der Waals surface area contributed by atoms with Crippen molar-refractivity contribution in [3.63, 3.8) is 0 Å². The monoisotopic (exact) mass is 943 g/mol. The molecule has 0 spiro atoms. The fraction of sp³-hybridized carbons (Fsp3) is 0.231. The van der Waals surface area contributed by atoms with Gasteiger partial charge in [0.25, 0.3) is 0 Å². The van der Waals surface area contributed by atoms with E-state index in [4.69, 9.17) is 12.1 Å². The molecule has 0 bridgehead atoms. The normalized spacial score (nSPS) is 13.3. The molecule has 3 heterocycles. The number of benzene rings is 5. The first-order valence-corrected chi connectivity index (χ1v) is 23.0. The Morgan fingerprint density at radius 3 is 2.00 bits per heavy atom. The van der Waals surface area contributed by atoms with Crippen LogP contribution in [-0.4, -0.2) is 18.0 Å². The van der Waals surface area contributed by atoms with Gasteiger partial charge in [0.15, 0.2) is 0 Å². The topological polar surface area (TPSA) is 38.9 Å². The van der Waals surface area contributed by atoms with Gasteiger partial charge in [-0.2, -0.15) is 0 Å². The van der Waals surface area contributed by atoms with E-state index in [0.29, 0.717) is 0 Å². The van der Waals surface area contributed by atoms with Crippen LogP contribution in [0.1, 0.15) is 54.4 Å². The third-order valence-corrected chi connectivity index (χ3v) is 12.5. The Kier molecular flexibility index (Phi) is 12.4. The Labute approximate surface area is 356 Å². The Morgan fingerprint density at radius 2 is 1.37 bits per heavy atom. The summed E-state index contributed by atoms with van der Waals surface area (Å²) in [4.78, 5) is 9.34. The second-order valence-corrected chi connectivity index (χ2v) is 21.3. The number of furan rings is 1. The molecule has 57 heavy (non-hydrogen) atoms. The average molecular weight is 943 g/mol. The van der Waals surface area contributed by atoms with Crippen LogP contribution in [0.4, 0.5) is 0 Å². The zero-order chi connectivity index (χ0) is 41.2. The average Bonchev–Trinajstić information content (AvgIpc) is 3.59. The van der Waals surface area contributed by atoms with Gasteiger partial charge in [0.1, 0.15) is 5.58 Å². The number of hydrogen-bond acceptors (Lipinski definition) is 3. The maximum absolute atomic E-state index is 8.78. The van der Waals surface area contributed by atoms with Gasteiger partial charge in [0.05, 0.1) is 13.7 Å². The molecule has 8 rings (SSSR count). The van der Waals surface area contributed by atoms with E-state index in [1.54, 1.807) is 6.20 Å². The van der Waals surface area contributed by atoms with Crippen LogP contribution in [0.15, 0.2) is 144 Å². The molecule has 0 aliphatic rings. The molecule has 0 saturated heterocycles. The van der Waals surface area contributed by atoms with Crippen molar-refractivity contribution < 1.29 is 27.3 Å². The van der Waals surface area contributed by atoms with Crippen molar-refractivity contribution in [2.45, 2.75) is 66.6 Å².